The quantitative estimate of drug-likeness (QED) is 0.234. The molecule has 0 aliphatic heterocycles. The molecular formula is C25H28N3OSi+. The van der Waals surface area contributed by atoms with E-state index in [0.29, 0.717) is 17.4 Å². The third-order valence-electron chi connectivity index (χ3n) is 5.81. The smallest absolute Gasteiger partial charge is 0.322 e. The van der Waals surface area contributed by atoms with Crippen molar-refractivity contribution in [3.8, 4) is 11.3 Å². The lowest BCUT2D eigenvalue weighted by molar-refractivity contribution is -0.659. The van der Waals surface area contributed by atoms with Crippen molar-refractivity contribution in [3.63, 3.8) is 0 Å². The highest BCUT2D eigenvalue weighted by molar-refractivity contribution is 6.89. The molecule has 5 heteroatoms. The average Bonchev–Trinajstić information content (AvgIpc) is 3.04. The first kappa shape index (κ1) is 20.3. The molecule has 3 heterocycles. The van der Waals surface area contributed by atoms with Crippen molar-refractivity contribution >= 4 is 41.1 Å². The van der Waals surface area contributed by atoms with Gasteiger partial charge in [0.15, 0.2) is 11.8 Å². The molecule has 0 N–H and O–H groups in total. The summed E-state index contributed by atoms with van der Waals surface area (Å²) in [4.78, 5) is 7.83. The van der Waals surface area contributed by atoms with Crippen LogP contribution in [0.15, 0.2) is 40.9 Å². The molecule has 0 spiro atoms. The van der Waals surface area contributed by atoms with E-state index in [0.717, 1.165) is 33.2 Å². The summed E-state index contributed by atoms with van der Waals surface area (Å²) in [6, 6.07) is 10.3. The Kier molecular flexibility index (Phi) is 4.78. The van der Waals surface area contributed by atoms with Gasteiger partial charge in [0, 0.05) is 16.6 Å². The molecule has 4 rings (SSSR count). The van der Waals surface area contributed by atoms with Crippen LogP contribution in [0.1, 0.15) is 30.9 Å². The fraction of sp³-hybridized carbons (Fsp3) is 0.320. The highest BCUT2D eigenvalue weighted by Gasteiger charge is 2.29. The maximum atomic E-state index is 7.25. The minimum Gasteiger partial charge on any atom is -0.419 e. The molecule has 1 aromatic carbocycles. The predicted octanol–water partition coefficient (Wildman–Crippen LogP) is 6.00. The van der Waals surface area contributed by atoms with Gasteiger partial charge in [-0.05, 0) is 30.0 Å². The van der Waals surface area contributed by atoms with Crippen LogP contribution >= 0.6 is 0 Å². The van der Waals surface area contributed by atoms with E-state index in [2.05, 4.69) is 86.3 Å². The molecule has 0 aliphatic rings. The Morgan fingerprint density at radius 3 is 2.43 bits per heavy atom. The largest absolute Gasteiger partial charge is 0.419 e. The van der Waals surface area contributed by atoms with E-state index in [9.17, 15) is 0 Å². The van der Waals surface area contributed by atoms with E-state index in [1.54, 1.807) is 6.07 Å². The van der Waals surface area contributed by atoms with E-state index >= 15 is 0 Å². The van der Waals surface area contributed by atoms with Crippen molar-refractivity contribution in [2.24, 2.45) is 7.05 Å². The second kappa shape index (κ2) is 7.07. The van der Waals surface area contributed by atoms with Gasteiger partial charge in [0.2, 0.25) is 5.69 Å². The number of pyridine rings is 2. The van der Waals surface area contributed by atoms with Crippen molar-refractivity contribution in [1.29, 1.82) is 0 Å². The maximum Gasteiger partial charge on any atom is 0.322 e. The molecule has 4 aromatic rings. The first-order valence-corrected chi connectivity index (χ1v) is 13.9. The van der Waals surface area contributed by atoms with E-state index in [-0.39, 0.29) is 0 Å². The van der Waals surface area contributed by atoms with Crippen molar-refractivity contribution in [2.45, 2.75) is 46.3 Å². The van der Waals surface area contributed by atoms with Crippen LogP contribution in [0.4, 0.5) is 5.82 Å². The predicted molar refractivity (Wildman–Crippen MR) is 126 cm³/mol. The average molecular weight is 415 g/mol. The van der Waals surface area contributed by atoms with Gasteiger partial charge >= 0.3 is 5.71 Å². The van der Waals surface area contributed by atoms with Gasteiger partial charge < -0.3 is 9.26 Å². The molecular weight excluding hydrogens is 386 g/mol. The zero-order valence-electron chi connectivity index (χ0n) is 18.8. The molecule has 0 bridgehead atoms. The fourth-order valence-electron chi connectivity index (χ4n) is 4.21. The molecule has 0 amide bonds. The maximum absolute atomic E-state index is 7.25. The Bertz CT molecular complexity index is 1340. The standard InChI is InChI=1S/C25H28N3OSi/c1-15(2)19-13-20(28(5)14-21(19)30(6,7)8)23-16(3)9-10-17-18-11-12-22(26-4)27-25(18)29-24(17)23/h9-15H,1-3,5-8H3/q+1. The number of nitrogens with zero attached hydrogens (tertiary/aromatic N) is 3. The summed E-state index contributed by atoms with van der Waals surface area (Å²) in [6.45, 7) is 21.1. The highest BCUT2D eigenvalue weighted by Crippen LogP contribution is 2.37. The van der Waals surface area contributed by atoms with Crippen LogP contribution in [-0.2, 0) is 7.05 Å². The van der Waals surface area contributed by atoms with Gasteiger partial charge in [0.05, 0.1) is 19.0 Å². The SMILES string of the molecule is [C-]#[N+]c1ccc2c(n1)oc1c(-c3cc(C(C)C)c([Si](C)(C)C)c[n+]3C)c(C)ccc12. The van der Waals surface area contributed by atoms with Crippen molar-refractivity contribution in [1.82, 2.24) is 4.98 Å². The fourth-order valence-corrected chi connectivity index (χ4v) is 6.02. The molecule has 4 nitrogen and oxygen atoms in total. The zero-order valence-corrected chi connectivity index (χ0v) is 19.8. The lowest BCUT2D eigenvalue weighted by Gasteiger charge is -2.22. The third kappa shape index (κ3) is 3.22. The van der Waals surface area contributed by atoms with Crippen LogP contribution in [0, 0.1) is 13.5 Å². The van der Waals surface area contributed by atoms with Crippen LogP contribution in [0.5, 0.6) is 0 Å². The molecule has 3 aromatic heterocycles. The molecule has 0 atom stereocenters. The van der Waals surface area contributed by atoms with Gasteiger partial charge in [-0.2, -0.15) is 0 Å². The van der Waals surface area contributed by atoms with Gasteiger partial charge in [-0.15, -0.1) is 0 Å². The Balaban J connectivity index is 2.07. The number of fused-ring (bicyclic) bond motifs is 3. The number of rotatable bonds is 3. The first-order chi connectivity index (χ1) is 14.1. The van der Waals surface area contributed by atoms with Crippen LogP contribution in [0.2, 0.25) is 19.6 Å². The number of aromatic nitrogens is 2. The number of furan rings is 1. The third-order valence-corrected chi connectivity index (χ3v) is 7.84. The Morgan fingerprint density at radius 1 is 1.10 bits per heavy atom. The Labute approximate surface area is 179 Å². The highest BCUT2D eigenvalue weighted by atomic mass is 28.3. The van der Waals surface area contributed by atoms with Gasteiger partial charge in [-0.1, -0.05) is 63.2 Å². The van der Waals surface area contributed by atoms with E-state index in [1.807, 2.05) is 6.07 Å². The minimum atomic E-state index is -1.48. The molecule has 30 heavy (non-hydrogen) atoms. The summed E-state index contributed by atoms with van der Waals surface area (Å²) in [5, 5.41) is 3.49. The summed E-state index contributed by atoms with van der Waals surface area (Å²) in [7, 11) is 0.642. The molecule has 0 saturated heterocycles. The molecule has 0 aliphatic carbocycles. The van der Waals surface area contributed by atoms with Crippen LogP contribution in [-0.4, -0.2) is 13.1 Å². The summed E-state index contributed by atoms with van der Waals surface area (Å²) in [5.41, 5.74) is 6.19. The summed E-state index contributed by atoms with van der Waals surface area (Å²) in [5.74, 6) is 0.803. The van der Waals surface area contributed by atoms with Crippen LogP contribution < -0.4 is 9.75 Å². The Hall–Kier alpha value is -2.97. The summed E-state index contributed by atoms with van der Waals surface area (Å²) < 4.78 is 8.50. The molecule has 0 radical (unpaired) electrons. The first-order valence-electron chi connectivity index (χ1n) is 10.4. The van der Waals surface area contributed by atoms with Gasteiger partial charge in [-0.25, -0.2) is 4.57 Å². The molecule has 0 unspecified atom stereocenters. The lowest BCUT2D eigenvalue weighted by Crippen LogP contribution is -2.47. The monoisotopic (exact) mass is 414 g/mol. The van der Waals surface area contributed by atoms with E-state index in [4.69, 9.17) is 11.0 Å². The lowest BCUT2D eigenvalue weighted by atomic mass is 9.97. The van der Waals surface area contributed by atoms with Crippen LogP contribution in [0.25, 0.3) is 38.2 Å². The number of hydrogen-bond donors (Lipinski definition) is 0. The van der Waals surface area contributed by atoms with Gasteiger partial charge in [0.25, 0.3) is 5.82 Å². The number of hydrogen-bond acceptors (Lipinski definition) is 2. The number of aryl methyl sites for hydroxylation is 2. The zero-order chi connectivity index (χ0) is 21.8. The van der Waals surface area contributed by atoms with E-state index in [1.165, 1.54) is 10.8 Å². The Morgan fingerprint density at radius 2 is 1.80 bits per heavy atom. The van der Waals surface area contributed by atoms with Gasteiger partial charge in [-0.3, -0.25) is 0 Å². The van der Waals surface area contributed by atoms with Crippen molar-refractivity contribution in [3.05, 3.63) is 59.1 Å². The number of benzene rings is 1. The van der Waals surface area contributed by atoms with E-state index < -0.39 is 8.07 Å². The topological polar surface area (TPSA) is 34.3 Å². The second-order valence-corrected chi connectivity index (χ2v) is 14.5. The summed E-state index contributed by atoms with van der Waals surface area (Å²) >= 11 is 0. The minimum absolute atomic E-state index is 0.354. The summed E-state index contributed by atoms with van der Waals surface area (Å²) in [6.07, 6.45) is 2.33. The molecule has 0 saturated carbocycles. The van der Waals surface area contributed by atoms with Gasteiger partial charge in [0.1, 0.15) is 7.05 Å². The van der Waals surface area contributed by atoms with Crippen LogP contribution in [0.3, 0.4) is 0 Å². The molecule has 0 fully saturated rings. The van der Waals surface area contributed by atoms with Crippen molar-refractivity contribution < 1.29 is 8.98 Å². The second-order valence-electron chi connectivity index (χ2n) is 9.41. The normalized spacial score (nSPS) is 12.1. The van der Waals surface area contributed by atoms with Crippen molar-refractivity contribution in [2.75, 3.05) is 0 Å². The molecule has 152 valence electrons.